The molecule has 0 unspecified atom stereocenters. The van der Waals surface area contributed by atoms with Crippen LogP contribution in [0.5, 0.6) is 0 Å². The normalized spacial score (nSPS) is 10.9. The molecule has 1 heterocycles. The van der Waals surface area contributed by atoms with Crippen molar-refractivity contribution in [2.45, 2.75) is 0 Å². The minimum Gasteiger partial charge on any atom is -0.477 e. The number of aromatic nitrogens is 2. The molecule has 34 heavy (non-hydrogen) atoms. The molecule has 13 heteroatoms. The highest BCUT2D eigenvalue weighted by Crippen LogP contribution is 2.30. The van der Waals surface area contributed by atoms with Gasteiger partial charge in [-0.2, -0.15) is 4.98 Å². The number of nitrogens with one attached hydrogen (secondary N) is 3. The molecular formula is C21H21FN6O5S. The highest BCUT2D eigenvalue weighted by Gasteiger charge is 2.19. The lowest BCUT2D eigenvalue weighted by molar-refractivity contribution is 0.0697. The molecule has 0 atom stereocenters. The fourth-order valence-electron chi connectivity index (χ4n) is 2.88. The molecule has 0 saturated heterocycles. The van der Waals surface area contributed by atoms with Crippen molar-refractivity contribution in [3.8, 4) is 0 Å². The minimum absolute atomic E-state index is 0.104. The number of carbonyl (C=O) groups excluding carboxylic acids is 1. The summed E-state index contributed by atoms with van der Waals surface area (Å²) in [6.45, 7) is 0. The molecule has 11 nitrogen and oxygen atoms in total. The summed E-state index contributed by atoms with van der Waals surface area (Å²) in [5.74, 6) is -2.78. The molecule has 0 fully saturated rings. The third-order valence-corrected chi connectivity index (χ3v) is 5.91. The van der Waals surface area contributed by atoms with Gasteiger partial charge in [-0.3, -0.25) is 9.10 Å². The Balaban J connectivity index is 2.02. The Morgan fingerprint density at radius 1 is 1.09 bits per heavy atom. The summed E-state index contributed by atoms with van der Waals surface area (Å²) in [5, 5.41) is 17.4. The predicted octanol–water partition coefficient (Wildman–Crippen LogP) is 2.56. The number of hydrogen-bond donors (Lipinski definition) is 4. The average molecular weight is 489 g/mol. The van der Waals surface area contributed by atoms with Gasteiger partial charge in [0.1, 0.15) is 11.4 Å². The van der Waals surface area contributed by atoms with Crippen LogP contribution in [0.3, 0.4) is 0 Å². The van der Waals surface area contributed by atoms with Crippen molar-refractivity contribution in [2.24, 2.45) is 0 Å². The third-order valence-electron chi connectivity index (χ3n) is 4.72. The fourth-order valence-corrected chi connectivity index (χ4v) is 3.40. The lowest BCUT2D eigenvalue weighted by Gasteiger charge is -2.21. The SMILES string of the molecule is CNC(=O)c1ccc(F)c(Nc2ncc(C(=O)O)c(Nc3ccccc3N(C)S(C)(=O)=O)n2)c1. The maximum atomic E-state index is 14.3. The number of aromatic carboxylic acids is 1. The summed E-state index contributed by atoms with van der Waals surface area (Å²) in [6.07, 6.45) is 2.05. The van der Waals surface area contributed by atoms with E-state index in [2.05, 4.69) is 25.9 Å². The summed E-state index contributed by atoms with van der Waals surface area (Å²) >= 11 is 0. The van der Waals surface area contributed by atoms with E-state index in [0.717, 1.165) is 22.8 Å². The number of anilines is 5. The molecule has 4 N–H and O–H groups in total. The Labute approximate surface area is 194 Å². The zero-order chi connectivity index (χ0) is 25.0. The van der Waals surface area contributed by atoms with Gasteiger partial charge in [0, 0.05) is 25.9 Å². The van der Waals surface area contributed by atoms with Crippen LogP contribution in [0.4, 0.5) is 33.2 Å². The first-order valence-electron chi connectivity index (χ1n) is 9.70. The van der Waals surface area contributed by atoms with Crippen LogP contribution in [-0.4, -0.2) is 55.7 Å². The Hall–Kier alpha value is -4.26. The van der Waals surface area contributed by atoms with E-state index in [1.54, 1.807) is 18.2 Å². The molecule has 0 radical (unpaired) electrons. The van der Waals surface area contributed by atoms with Crippen LogP contribution in [0.2, 0.25) is 0 Å². The summed E-state index contributed by atoms with van der Waals surface area (Å²) in [6, 6.07) is 9.98. The zero-order valence-electron chi connectivity index (χ0n) is 18.3. The van der Waals surface area contributed by atoms with Crippen LogP contribution in [0.1, 0.15) is 20.7 Å². The monoisotopic (exact) mass is 488 g/mol. The number of carbonyl (C=O) groups is 2. The van der Waals surface area contributed by atoms with Crippen molar-refractivity contribution in [1.82, 2.24) is 15.3 Å². The Kier molecular flexibility index (Phi) is 6.96. The number of nitrogens with zero attached hydrogens (tertiary/aromatic N) is 3. The number of carboxylic acid groups (broad SMARTS) is 1. The first-order chi connectivity index (χ1) is 16.0. The topological polar surface area (TPSA) is 154 Å². The summed E-state index contributed by atoms with van der Waals surface area (Å²) in [5.41, 5.74) is 0.285. The predicted molar refractivity (Wildman–Crippen MR) is 125 cm³/mol. The second-order valence-corrected chi connectivity index (χ2v) is 9.05. The molecule has 1 amide bonds. The van der Waals surface area contributed by atoms with E-state index in [1.165, 1.54) is 32.3 Å². The molecule has 0 aliphatic heterocycles. The number of sulfonamides is 1. The van der Waals surface area contributed by atoms with Crippen LogP contribution in [-0.2, 0) is 10.0 Å². The van der Waals surface area contributed by atoms with Crippen molar-refractivity contribution in [3.05, 3.63) is 65.6 Å². The Morgan fingerprint density at radius 3 is 2.44 bits per heavy atom. The number of amides is 1. The van der Waals surface area contributed by atoms with Gasteiger partial charge in [-0.25, -0.2) is 22.6 Å². The van der Waals surface area contributed by atoms with E-state index in [4.69, 9.17) is 0 Å². The number of hydrogen-bond acceptors (Lipinski definition) is 8. The second-order valence-electron chi connectivity index (χ2n) is 7.03. The molecule has 0 aliphatic carbocycles. The molecule has 0 aliphatic rings. The van der Waals surface area contributed by atoms with E-state index in [-0.39, 0.29) is 40.0 Å². The van der Waals surface area contributed by atoms with Gasteiger partial charge in [0.05, 0.1) is 23.3 Å². The van der Waals surface area contributed by atoms with E-state index in [1.807, 2.05) is 0 Å². The molecule has 2 aromatic carbocycles. The van der Waals surface area contributed by atoms with Crippen LogP contribution in [0.15, 0.2) is 48.7 Å². The molecule has 3 rings (SSSR count). The quantitative estimate of drug-likeness (QED) is 0.374. The summed E-state index contributed by atoms with van der Waals surface area (Å²) in [4.78, 5) is 31.6. The Bertz CT molecular complexity index is 1370. The lowest BCUT2D eigenvalue weighted by atomic mass is 10.2. The minimum atomic E-state index is -3.61. The maximum absolute atomic E-state index is 14.3. The molecule has 1 aromatic heterocycles. The number of rotatable bonds is 8. The van der Waals surface area contributed by atoms with E-state index >= 15 is 0 Å². The second kappa shape index (κ2) is 9.70. The largest absolute Gasteiger partial charge is 0.477 e. The highest BCUT2D eigenvalue weighted by atomic mass is 32.2. The van der Waals surface area contributed by atoms with Gasteiger partial charge in [0.15, 0.2) is 5.82 Å². The van der Waals surface area contributed by atoms with Gasteiger partial charge in [-0.1, -0.05) is 12.1 Å². The van der Waals surface area contributed by atoms with Gasteiger partial charge in [-0.05, 0) is 30.3 Å². The lowest BCUT2D eigenvalue weighted by Crippen LogP contribution is -2.25. The van der Waals surface area contributed by atoms with E-state index in [0.29, 0.717) is 0 Å². The van der Waals surface area contributed by atoms with Crippen LogP contribution in [0.25, 0.3) is 0 Å². The van der Waals surface area contributed by atoms with Gasteiger partial charge in [0.25, 0.3) is 5.91 Å². The van der Waals surface area contributed by atoms with Gasteiger partial charge in [0.2, 0.25) is 16.0 Å². The van der Waals surface area contributed by atoms with Crippen molar-refractivity contribution >= 4 is 50.7 Å². The Morgan fingerprint density at radius 2 is 1.79 bits per heavy atom. The smallest absolute Gasteiger partial charge is 0.341 e. The average Bonchev–Trinajstić information content (AvgIpc) is 2.79. The van der Waals surface area contributed by atoms with Crippen molar-refractivity contribution in [1.29, 1.82) is 0 Å². The molecule has 0 bridgehead atoms. The molecule has 0 spiro atoms. The summed E-state index contributed by atoms with van der Waals surface area (Å²) in [7, 11) is -0.822. The summed E-state index contributed by atoms with van der Waals surface area (Å²) < 4.78 is 39.3. The highest BCUT2D eigenvalue weighted by molar-refractivity contribution is 7.92. The van der Waals surface area contributed by atoms with E-state index in [9.17, 15) is 27.5 Å². The van der Waals surface area contributed by atoms with Crippen molar-refractivity contribution in [3.63, 3.8) is 0 Å². The van der Waals surface area contributed by atoms with Gasteiger partial charge < -0.3 is 21.1 Å². The molecular weight excluding hydrogens is 467 g/mol. The third kappa shape index (κ3) is 5.38. The van der Waals surface area contributed by atoms with Crippen molar-refractivity contribution in [2.75, 3.05) is 35.3 Å². The van der Waals surface area contributed by atoms with Crippen molar-refractivity contribution < 1.29 is 27.5 Å². The van der Waals surface area contributed by atoms with Gasteiger partial charge in [-0.15, -0.1) is 0 Å². The van der Waals surface area contributed by atoms with E-state index < -0.39 is 27.7 Å². The number of halogens is 1. The first kappa shape index (κ1) is 24.4. The van der Waals surface area contributed by atoms with Crippen LogP contribution < -0.4 is 20.3 Å². The number of carboxylic acids is 1. The molecule has 178 valence electrons. The standard InChI is InChI=1S/C21H21FN6O5S/c1-23-19(29)12-8-9-14(22)16(10-12)26-21-24-11-13(20(30)31)18(27-21)25-15-6-4-5-7-17(15)28(2)34(3,32)33/h4-11H,1-3H3,(H,23,29)(H,30,31)(H2,24,25,26,27). The van der Waals surface area contributed by atoms with Crippen LogP contribution in [0, 0.1) is 5.82 Å². The zero-order valence-corrected chi connectivity index (χ0v) is 19.1. The maximum Gasteiger partial charge on any atom is 0.341 e. The number of benzene rings is 2. The van der Waals surface area contributed by atoms with Crippen LogP contribution >= 0.6 is 0 Å². The van der Waals surface area contributed by atoms with Gasteiger partial charge >= 0.3 is 5.97 Å². The molecule has 3 aromatic rings. The fraction of sp³-hybridized carbons (Fsp3) is 0.143. The number of para-hydroxylation sites is 2. The molecule has 0 saturated carbocycles. The first-order valence-corrected chi connectivity index (χ1v) is 11.5.